The summed E-state index contributed by atoms with van der Waals surface area (Å²) >= 11 is 13.9. The number of halogens is 2. The zero-order valence-electron chi connectivity index (χ0n) is 10.2. The van der Waals surface area contributed by atoms with Crippen LogP contribution in [0.5, 0.6) is 0 Å². The normalized spacial score (nSPS) is 12.7. The van der Waals surface area contributed by atoms with Gasteiger partial charge in [0, 0.05) is 11.1 Å². The van der Waals surface area contributed by atoms with Crippen molar-refractivity contribution in [3.8, 4) is 0 Å². The Bertz CT molecular complexity index is 540. The highest BCUT2D eigenvalue weighted by Crippen LogP contribution is 2.31. The molecule has 0 aliphatic carbocycles. The fourth-order valence-corrected chi connectivity index (χ4v) is 3.12. The number of nitrogens with zero attached hydrogens (tertiary/aromatic N) is 1. The average Bonchev–Trinajstić information content (AvgIpc) is 2.73. The molecule has 5 heteroatoms. The van der Waals surface area contributed by atoms with Gasteiger partial charge in [0.25, 0.3) is 0 Å². The van der Waals surface area contributed by atoms with Crippen molar-refractivity contribution in [1.29, 1.82) is 0 Å². The molecule has 0 saturated heterocycles. The van der Waals surface area contributed by atoms with Gasteiger partial charge in [0.05, 0.1) is 21.8 Å². The van der Waals surface area contributed by atoms with Crippen LogP contribution in [0.4, 0.5) is 0 Å². The number of hydrogen-bond donors (Lipinski definition) is 1. The maximum atomic E-state index is 6.25. The van der Waals surface area contributed by atoms with Gasteiger partial charge in [0.15, 0.2) is 0 Å². The van der Waals surface area contributed by atoms with Gasteiger partial charge in [-0.05, 0) is 36.5 Å². The highest BCUT2D eigenvalue weighted by Gasteiger charge is 2.20. The summed E-state index contributed by atoms with van der Waals surface area (Å²) in [5.41, 5.74) is 2.04. The maximum absolute atomic E-state index is 6.25. The Balaban J connectivity index is 2.45. The summed E-state index contributed by atoms with van der Waals surface area (Å²) in [6.07, 6.45) is 1.63. The predicted molar refractivity (Wildman–Crippen MR) is 78.8 cm³/mol. The number of thiophene rings is 1. The minimum Gasteiger partial charge on any atom is -0.305 e. The van der Waals surface area contributed by atoms with Gasteiger partial charge in [-0.2, -0.15) is 0 Å². The monoisotopic (exact) mass is 300 g/mol. The summed E-state index contributed by atoms with van der Waals surface area (Å²) in [5.74, 6) is 0. The van der Waals surface area contributed by atoms with E-state index in [1.807, 2.05) is 0 Å². The average molecular weight is 301 g/mol. The number of aryl methyl sites for hydroxylation is 1. The van der Waals surface area contributed by atoms with Crippen LogP contribution < -0.4 is 5.32 Å². The van der Waals surface area contributed by atoms with Gasteiger partial charge in [-0.3, -0.25) is 4.98 Å². The lowest BCUT2D eigenvalue weighted by Gasteiger charge is -2.18. The molecule has 2 rings (SSSR count). The molecule has 1 unspecified atom stereocenters. The molecular weight excluding hydrogens is 287 g/mol. The van der Waals surface area contributed by atoms with Gasteiger partial charge in [-0.15, -0.1) is 11.3 Å². The van der Waals surface area contributed by atoms with Crippen molar-refractivity contribution in [2.24, 2.45) is 0 Å². The van der Waals surface area contributed by atoms with Crippen molar-refractivity contribution in [3.05, 3.63) is 49.9 Å². The van der Waals surface area contributed by atoms with Crippen LogP contribution in [0.25, 0.3) is 0 Å². The van der Waals surface area contributed by atoms with Gasteiger partial charge in [0.2, 0.25) is 0 Å². The Morgan fingerprint density at radius 2 is 2.22 bits per heavy atom. The number of aromatic nitrogens is 1. The molecule has 1 atom stereocenters. The lowest BCUT2D eigenvalue weighted by Crippen LogP contribution is -2.23. The first-order chi connectivity index (χ1) is 8.63. The van der Waals surface area contributed by atoms with E-state index in [0.717, 1.165) is 12.2 Å². The summed E-state index contributed by atoms with van der Waals surface area (Å²) in [6, 6.07) is 3.86. The Labute approximate surface area is 121 Å². The molecule has 0 radical (unpaired) electrons. The Hall–Kier alpha value is -0.610. The van der Waals surface area contributed by atoms with E-state index in [1.54, 1.807) is 23.6 Å². The molecule has 2 aromatic heterocycles. The van der Waals surface area contributed by atoms with Crippen LogP contribution in [-0.4, -0.2) is 11.5 Å². The van der Waals surface area contributed by atoms with E-state index in [4.69, 9.17) is 23.2 Å². The number of hydrogen-bond acceptors (Lipinski definition) is 3. The second-order valence-corrected chi connectivity index (χ2v) is 5.91. The van der Waals surface area contributed by atoms with Crippen LogP contribution in [0.3, 0.4) is 0 Å². The van der Waals surface area contributed by atoms with Crippen LogP contribution in [0.15, 0.2) is 23.7 Å². The first-order valence-electron chi connectivity index (χ1n) is 5.71. The van der Waals surface area contributed by atoms with E-state index in [0.29, 0.717) is 10.0 Å². The zero-order chi connectivity index (χ0) is 13.1. The first-order valence-corrected chi connectivity index (χ1v) is 7.35. The van der Waals surface area contributed by atoms with E-state index in [9.17, 15) is 0 Å². The predicted octanol–water partition coefficient (Wildman–Crippen LogP) is 4.46. The zero-order valence-corrected chi connectivity index (χ0v) is 12.5. The second kappa shape index (κ2) is 6.02. The van der Waals surface area contributed by atoms with Crippen LogP contribution in [0, 0.1) is 6.92 Å². The van der Waals surface area contributed by atoms with E-state index in [-0.39, 0.29) is 6.04 Å². The maximum Gasteiger partial charge on any atom is 0.0805 e. The third-order valence-electron chi connectivity index (χ3n) is 2.73. The van der Waals surface area contributed by atoms with Crippen molar-refractivity contribution >= 4 is 34.5 Å². The van der Waals surface area contributed by atoms with Gasteiger partial charge in [-0.1, -0.05) is 30.1 Å². The van der Waals surface area contributed by atoms with Crippen LogP contribution in [-0.2, 0) is 0 Å². The highest BCUT2D eigenvalue weighted by atomic mass is 35.5. The molecule has 1 N–H and O–H groups in total. The standard InChI is InChI=1S/C13H14Cl2N2S/c1-3-16-12(10-4-5-18-8(10)2)13-11(15)6-9(14)7-17-13/h4-7,12,16H,3H2,1-2H3. The van der Waals surface area contributed by atoms with Crippen molar-refractivity contribution in [2.75, 3.05) is 6.54 Å². The van der Waals surface area contributed by atoms with E-state index in [2.05, 4.69) is 35.6 Å². The summed E-state index contributed by atoms with van der Waals surface area (Å²) in [7, 11) is 0. The third kappa shape index (κ3) is 2.86. The molecule has 0 aliphatic rings. The second-order valence-electron chi connectivity index (χ2n) is 3.94. The number of pyridine rings is 1. The molecule has 0 bridgehead atoms. The third-order valence-corrected chi connectivity index (χ3v) is 4.10. The fraction of sp³-hybridized carbons (Fsp3) is 0.308. The van der Waals surface area contributed by atoms with E-state index >= 15 is 0 Å². The van der Waals surface area contributed by atoms with Gasteiger partial charge >= 0.3 is 0 Å². The van der Waals surface area contributed by atoms with E-state index in [1.165, 1.54) is 10.4 Å². The lowest BCUT2D eigenvalue weighted by molar-refractivity contribution is 0.615. The largest absolute Gasteiger partial charge is 0.305 e. The topological polar surface area (TPSA) is 24.9 Å². The lowest BCUT2D eigenvalue weighted by atomic mass is 10.0. The van der Waals surface area contributed by atoms with Gasteiger partial charge in [0.1, 0.15) is 0 Å². The molecule has 2 nitrogen and oxygen atoms in total. The molecular formula is C13H14Cl2N2S. The smallest absolute Gasteiger partial charge is 0.0805 e. The molecule has 0 fully saturated rings. The van der Waals surface area contributed by atoms with Crippen molar-refractivity contribution < 1.29 is 0 Å². The molecule has 18 heavy (non-hydrogen) atoms. The Kier molecular flexibility index (Phi) is 4.62. The summed E-state index contributed by atoms with van der Waals surface area (Å²) in [5, 5.41) is 6.65. The van der Waals surface area contributed by atoms with Gasteiger partial charge < -0.3 is 5.32 Å². The quantitative estimate of drug-likeness (QED) is 0.902. The van der Waals surface area contributed by atoms with Crippen molar-refractivity contribution in [3.63, 3.8) is 0 Å². The fourth-order valence-electron chi connectivity index (χ4n) is 1.89. The molecule has 2 heterocycles. The summed E-state index contributed by atoms with van der Waals surface area (Å²) < 4.78 is 0. The van der Waals surface area contributed by atoms with Crippen molar-refractivity contribution in [2.45, 2.75) is 19.9 Å². The Morgan fingerprint density at radius 3 is 2.78 bits per heavy atom. The summed E-state index contributed by atoms with van der Waals surface area (Å²) in [4.78, 5) is 5.64. The number of rotatable bonds is 4. The van der Waals surface area contributed by atoms with Crippen molar-refractivity contribution in [1.82, 2.24) is 10.3 Å². The van der Waals surface area contributed by atoms with Crippen LogP contribution in [0.1, 0.15) is 29.1 Å². The van der Waals surface area contributed by atoms with Crippen LogP contribution in [0.2, 0.25) is 10.0 Å². The molecule has 0 saturated carbocycles. The first kappa shape index (κ1) is 13.8. The van der Waals surface area contributed by atoms with E-state index < -0.39 is 0 Å². The van der Waals surface area contributed by atoms with Gasteiger partial charge in [-0.25, -0.2) is 0 Å². The molecule has 0 amide bonds. The SMILES string of the molecule is CCNC(c1ccsc1C)c1ncc(Cl)cc1Cl. The number of nitrogens with one attached hydrogen (secondary N) is 1. The molecule has 96 valence electrons. The molecule has 0 aromatic carbocycles. The Morgan fingerprint density at radius 1 is 1.44 bits per heavy atom. The minimum absolute atomic E-state index is 0.0195. The molecule has 0 spiro atoms. The highest BCUT2D eigenvalue weighted by molar-refractivity contribution is 7.10. The summed E-state index contributed by atoms with van der Waals surface area (Å²) in [6.45, 7) is 5.02. The molecule has 0 aliphatic heterocycles. The molecule has 2 aromatic rings. The minimum atomic E-state index is 0.0195. The van der Waals surface area contributed by atoms with Crippen LogP contribution >= 0.6 is 34.5 Å².